The third-order valence-electron chi connectivity index (χ3n) is 3.28. The van der Waals surface area contributed by atoms with Crippen LogP contribution in [0.4, 0.5) is 0 Å². The van der Waals surface area contributed by atoms with Gasteiger partial charge in [0.05, 0.1) is 0 Å². The molecule has 92 valence electrons. The number of hydrogen-bond donors (Lipinski definition) is 3. The molecular weight excluding hydrogens is 210 g/mol. The molecule has 1 atom stereocenters. The molecule has 16 heavy (non-hydrogen) atoms. The van der Waals surface area contributed by atoms with Crippen molar-refractivity contribution in [2.75, 3.05) is 6.61 Å². The number of rotatable bonds is 5. The molecule has 0 aromatic rings. The van der Waals surface area contributed by atoms with Gasteiger partial charge in [-0.25, -0.2) is 4.79 Å². The molecule has 1 aliphatic carbocycles. The van der Waals surface area contributed by atoms with E-state index in [9.17, 15) is 9.59 Å². The number of carboxylic acids is 1. The first-order chi connectivity index (χ1) is 7.49. The second kappa shape index (κ2) is 5.30. The Morgan fingerprint density at radius 1 is 1.38 bits per heavy atom. The minimum Gasteiger partial charge on any atom is -0.480 e. The van der Waals surface area contributed by atoms with Gasteiger partial charge >= 0.3 is 5.97 Å². The third kappa shape index (κ3) is 2.95. The van der Waals surface area contributed by atoms with E-state index in [1.165, 1.54) is 0 Å². The summed E-state index contributed by atoms with van der Waals surface area (Å²) in [5, 5.41) is 20.1. The molecule has 1 aliphatic rings. The van der Waals surface area contributed by atoms with Gasteiger partial charge in [-0.2, -0.15) is 0 Å². The lowest BCUT2D eigenvalue weighted by Gasteiger charge is -2.24. The molecule has 0 radical (unpaired) electrons. The molecule has 0 aliphatic heterocycles. The third-order valence-corrected chi connectivity index (χ3v) is 3.28. The molecule has 0 bridgehead atoms. The van der Waals surface area contributed by atoms with Crippen LogP contribution in [0.15, 0.2) is 0 Å². The number of carbonyl (C=O) groups is 2. The Labute approximate surface area is 94.8 Å². The Balaban J connectivity index is 2.57. The molecule has 0 spiro atoms. The topological polar surface area (TPSA) is 86.6 Å². The highest BCUT2D eigenvalue weighted by molar-refractivity contribution is 5.87. The number of aliphatic carboxylic acids is 1. The maximum absolute atomic E-state index is 11.9. The number of hydrogen-bond acceptors (Lipinski definition) is 3. The highest BCUT2D eigenvalue weighted by Gasteiger charge is 2.37. The van der Waals surface area contributed by atoms with Gasteiger partial charge in [0, 0.05) is 18.4 Å². The second-order valence-electron chi connectivity index (χ2n) is 4.64. The van der Waals surface area contributed by atoms with Crippen molar-refractivity contribution < 1.29 is 19.8 Å². The van der Waals surface area contributed by atoms with Crippen molar-refractivity contribution in [3.05, 3.63) is 0 Å². The minimum atomic E-state index is -1.09. The summed E-state index contributed by atoms with van der Waals surface area (Å²) in [5.41, 5.74) is -0.427. The predicted octanol–water partition coefficient (Wildman–Crippen LogP) is 0.518. The molecule has 5 nitrogen and oxygen atoms in total. The zero-order valence-corrected chi connectivity index (χ0v) is 9.53. The number of carbonyl (C=O) groups excluding carboxylic acids is 1. The predicted molar refractivity (Wildman–Crippen MR) is 57.8 cm³/mol. The van der Waals surface area contributed by atoms with Crippen LogP contribution in [0.25, 0.3) is 0 Å². The molecule has 0 saturated heterocycles. The largest absolute Gasteiger partial charge is 0.480 e. The lowest BCUT2D eigenvalue weighted by molar-refractivity contribution is -0.144. The number of carboxylic acid groups (broad SMARTS) is 1. The Morgan fingerprint density at radius 2 is 1.94 bits per heavy atom. The van der Waals surface area contributed by atoms with E-state index in [1.54, 1.807) is 0 Å². The van der Waals surface area contributed by atoms with Crippen molar-refractivity contribution in [3.8, 4) is 0 Å². The summed E-state index contributed by atoms with van der Waals surface area (Å²) in [4.78, 5) is 22.7. The van der Waals surface area contributed by atoms with Crippen LogP contribution in [0.2, 0.25) is 0 Å². The van der Waals surface area contributed by atoms with Gasteiger partial charge in [-0.3, -0.25) is 4.79 Å². The van der Waals surface area contributed by atoms with Crippen LogP contribution in [0.3, 0.4) is 0 Å². The minimum absolute atomic E-state index is 0.0527. The molecule has 3 N–H and O–H groups in total. The van der Waals surface area contributed by atoms with E-state index < -0.39 is 17.4 Å². The number of amides is 1. The average Bonchev–Trinajstić information content (AvgIpc) is 2.65. The maximum atomic E-state index is 11.9. The van der Waals surface area contributed by atoms with E-state index in [1.807, 2.05) is 6.92 Å². The molecule has 0 unspecified atom stereocenters. The molecule has 0 aromatic carbocycles. The van der Waals surface area contributed by atoms with Crippen LogP contribution in [-0.2, 0) is 9.59 Å². The van der Waals surface area contributed by atoms with E-state index in [2.05, 4.69) is 5.32 Å². The van der Waals surface area contributed by atoms with Gasteiger partial charge in [0.25, 0.3) is 0 Å². The van der Waals surface area contributed by atoms with Gasteiger partial charge in [-0.15, -0.1) is 0 Å². The summed E-state index contributed by atoms with van der Waals surface area (Å²) in [5.74, 6) is -1.30. The SMILES string of the molecule is CC1(C(=O)N[C@@H](CCO)C(=O)O)CCCC1. The Bertz CT molecular complexity index is 271. The Morgan fingerprint density at radius 3 is 2.38 bits per heavy atom. The van der Waals surface area contributed by atoms with Gasteiger partial charge < -0.3 is 15.5 Å². The normalized spacial score (nSPS) is 20.4. The first-order valence-electron chi connectivity index (χ1n) is 5.64. The number of aliphatic hydroxyl groups is 1. The summed E-state index contributed by atoms with van der Waals surface area (Å²) in [6.07, 6.45) is 3.70. The molecule has 1 amide bonds. The van der Waals surface area contributed by atoms with Crippen molar-refractivity contribution in [2.24, 2.45) is 5.41 Å². The average molecular weight is 229 g/mol. The highest BCUT2D eigenvalue weighted by Crippen LogP contribution is 2.37. The van der Waals surface area contributed by atoms with E-state index in [-0.39, 0.29) is 18.9 Å². The highest BCUT2D eigenvalue weighted by atomic mass is 16.4. The monoisotopic (exact) mass is 229 g/mol. The molecule has 1 rings (SSSR count). The van der Waals surface area contributed by atoms with Gasteiger partial charge in [0.1, 0.15) is 6.04 Å². The molecular formula is C11H19NO4. The Hall–Kier alpha value is -1.10. The van der Waals surface area contributed by atoms with Gasteiger partial charge in [0.2, 0.25) is 5.91 Å². The van der Waals surface area contributed by atoms with Gasteiger partial charge in [-0.05, 0) is 12.8 Å². The molecule has 0 aromatic heterocycles. The quantitative estimate of drug-likeness (QED) is 0.641. The van der Waals surface area contributed by atoms with Crippen molar-refractivity contribution >= 4 is 11.9 Å². The zero-order chi connectivity index (χ0) is 12.2. The van der Waals surface area contributed by atoms with Gasteiger partial charge in [-0.1, -0.05) is 19.8 Å². The van der Waals surface area contributed by atoms with E-state index >= 15 is 0 Å². The van der Waals surface area contributed by atoms with Crippen molar-refractivity contribution in [2.45, 2.75) is 45.1 Å². The van der Waals surface area contributed by atoms with Crippen molar-refractivity contribution in [3.63, 3.8) is 0 Å². The standard InChI is InChI=1S/C11H19NO4/c1-11(5-2-3-6-11)10(16)12-8(4-7-13)9(14)15/h8,13H,2-7H2,1H3,(H,12,16)(H,14,15)/t8-/m0/s1. The first kappa shape index (κ1) is 13.0. The smallest absolute Gasteiger partial charge is 0.326 e. The van der Waals surface area contributed by atoms with Crippen LogP contribution < -0.4 is 5.32 Å². The van der Waals surface area contributed by atoms with Gasteiger partial charge in [0.15, 0.2) is 0 Å². The number of nitrogens with one attached hydrogen (secondary N) is 1. The summed E-state index contributed by atoms with van der Waals surface area (Å²) in [6, 6.07) is -0.977. The second-order valence-corrected chi connectivity index (χ2v) is 4.64. The van der Waals surface area contributed by atoms with Crippen LogP contribution >= 0.6 is 0 Å². The maximum Gasteiger partial charge on any atom is 0.326 e. The first-order valence-corrected chi connectivity index (χ1v) is 5.64. The lowest BCUT2D eigenvalue weighted by Crippen LogP contribution is -2.47. The van der Waals surface area contributed by atoms with E-state index in [0.717, 1.165) is 25.7 Å². The number of aliphatic hydroxyl groups excluding tert-OH is 1. The van der Waals surface area contributed by atoms with E-state index in [0.29, 0.717) is 0 Å². The summed E-state index contributed by atoms with van der Waals surface area (Å²) in [6.45, 7) is 1.63. The fourth-order valence-corrected chi connectivity index (χ4v) is 2.10. The molecule has 1 saturated carbocycles. The fourth-order valence-electron chi connectivity index (χ4n) is 2.10. The fraction of sp³-hybridized carbons (Fsp3) is 0.818. The van der Waals surface area contributed by atoms with Crippen molar-refractivity contribution in [1.29, 1.82) is 0 Å². The van der Waals surface area contributed by atoms with Crippen molar-refractivity contribution in [1.82, 2.24) is 5.32 Å². The van der Waals surface area contributed by atoms with Crippen LogP contribution in [0.1, 0.15) is 39.0 Å². The summed E-state index contributed by atoms with van der Waals surface area (Å²) in [7, 11) is 0. The molecule has 1 fully saturated rings. The van der Waals surface area contributed by atoms with E-state index in [4.69, 9.17) is 10.2 Å². The van der Waals surface area contributed by atoms with Crippen LogP contribution in [0, 0.1) is 5.41 Å². The lowest BCUT2D eigenvalue weighted by atomic mass is 9.87. The zero-order valence-electron chi connectivity index (χ0n) is 9.53. The molecule has 0 heterocycles. The Kier molecular flexibility index (Phi) is 4.29. The van der Waals surface area contributed by atoms with Crippen LogP contribution in [0.5, 0.6) is 0 Å². The summed E-state index contributed by atoms with van der Waals surface area (Å²) < 4.78 is 0. The summed E-state index contributed by atoms with van der Waals surface area (Å²) >= 11 is 0. The van der Waals surface area contributed by atoms with Crippen LogP contribution in [-0.4, -0.2) is 34.7 Å². The molecule has 5 heteroatoms.